The van der Waals surface area contributed by atoms with Crippen molar-refractivity contribution in [3.05, 3.63) is 298 Å². The number of aromatic nitrogens is 16. The highest BCUT2D eigenvalue weighted by atomic mass is 32.2. The van der Waals surface area contributed by atoms with Gasteiger partial charge in [0.2, 0.25) is 27.5 Å². The van der Waals surface area contributed by atoms with Gasteiger partial charge in [-0.2, -0.15) is 24.2 Å². The van der Waals surface area contributed by atoms with Crippen LogP contribution in [0.15, 0.2) is 248 Å². The average molecular weight is 1950 g/mol. The Balaban J connectivity index is 0.000000109. The van der Waals surface area contributed by atoms with E-state index < -0.39 is 15.6 Å². The molecule has 0 aliphatic carbocycles. The number of aromatic amines is 3. The minimum Gasteiger partial charge on any atom is -0.507 e. The van der Waals surface area contributed by atoms with Gasteiger partial charge in [-0.1, -0.05) is 146 Å². The van der Waals surface area contributed by atoms with Crippen molar-refractivity contribution < 1.29 is 61.2 Å². The second kappa shape index (κ2) is 41.2. The third-order valence-electron chi connectivity index (χ3n) is 28.0. The minimum absolute atomic E-state index is 0.155. The molecule has 14 heterocycles. The summed E-state index contributed by atoms with van der Waals surface area (Å²) in [5.74, 6) is 9.42. The molecule has 4 aromatic heterocycles. The number of ether oxygens (including phenoxy) is 8. The van der Waals surface area contributed by atoms with Gasteiger partial charge < -0.3 is 74.7 Å². The zero-order valence-electron chi connectivity index (χ0n) is 80.8. The number of sulfonamides is 1. The summed E-state index contributed by atoms with van der Waals surface area (Å²) in [6.07, 6.45) is 20.2. The van der Waals surface area contributed by atoms with E-state index in [9.17, 15) is 18.6 Å². The summed E-state index contributed by atoms with van der Waals surface area (Å²) in [6, 6.07) is 68.6. The SMILES string of the molecule is CCN(CC)S(=O)(=O)c1ccc(C2=CC3(CCNCC3)Oc3cccc(O)c32)cc1.COc1cccc2c1C(c1ccc(-c3nn[nH][n+]3C)cc1)=CC1(CCNCC1)O2.COc1cccc2c1C(c1ccc(-c3nn[nH]n3)cc1)=CC1(CCNCC1)O2.COc1cccc2c1C(c1ccc(-c3nnn(C)n3)cc1)=CC1(CCNCC1)O2.Oc1cccc2c1C(c1ccc(-c3nn[nH]n3)cc1)=CC1(CCNCC1)O2. The van der Waals surface area contributed by atoms with Crippen molar-refractivity contribution in [1.82, 2.24) is 108 Å². The van der Waals surface area contributed by atoms with Gasteiger partial charge in [0.1, 0.15) is 90.6 Å². The fourth-order valence-corrected chi connectivity index (χ4v) is 22.0. The number of tetrazole rings is 4. The molecule has 10 aliphatic rings. The van der Waals surface area contributed by atoms with Gasteiger partial charge in [0, 0.05) is 94.0 Å². The molecule has 10 aromatic carbocycles. The highest BCUT2D eigenvalue weighted by Crippen LogP contribution is 2.53. The predicted octanol–water partition coefficient (Wildman–Crippen LogP) is 13.8. The maximum atomic E-state index is 12.8. The second-order valence-corrected chi connectivity index (χ2v) is 38.8. The van der Waals surface area contributed by atoms with Gasteiger partial charge >= 0.3 is 5.82 Å². The van der Waals surface area contributed by atoms with Crippen LogP contribution in [0.3, 0.4) is 0 Å². The van der Waals surface area contributed by atoms with Gasteiger partial charge in [0.25, 0.3) is 0 Å². The lowest BCUT2D eigenvalue weighted by Crippen LogP contribution is -2.46. The van der Waals surface area contributed by atoms with Crippen LogP contribution in [0.5, 0.6) is 57.5 Å². The Morgan fingerprint density at radius 2 is 0.650 bits per heavy atom. The lowest BCUT2D eigenvalue weighted by Gasteiger charge is -2.40. The summed E-state index contributed by atoms with van der Waals surface area (Å²) in [4.78, 5) is 1.74. The van der Waals surface area contributed by atoms with Crippen LogP contribution in [-0.4, -0.2) is 228 Å². The molecular weight excluding hydrogens is 1830 g/mol. The zero-order valence-corrected chi connectivity index (χ0v) is 81.6. The van der Waals surface area contributed by atoms with Crippen LogP contribution in [0.2, 0.25) is 0 Å². The predicted molar refractivity (Wildman–Crippen MR) is 541 cm³/mol. The first-order valence-corrected chi connectivity index (χ1v) is 50.0. The van der Waals surface area contributed by atoms with E-state index in [-0.39, 0.29) is 38.8 Å². The third kappa shape index (κ3) is 19.8. The lowest BCUT2D eigenvalue weighted by molar-refractivity contribution is -0.721. The summed E-state index contributed by atoms with van der Waals surface area (Å²) >= 11 is 0. The number of aryl methyl sites for hydroxylation is 2. The number of nitrogens with one attached hydrogen (secondary N) is 8. The number of piperidine rings is 5. The van der Waals surface area contributed by atoms with E-state index in [2.05, 4.69) is 178 Å². The molecule has 0 amide bonds. The number of phenolic OH excluding ortho intramolecular Hbond substituents is 2. The molecule has 0 bridgehead atoms. The van der Waals surface area contributed by atoms with Gasteiger partial charge in [-0.05, 0) is 252 Å². The summed E-state index contributed by atoms with van der Waals surface area (Å²) in [5.41, 5.74) is 17.1. The monoisotopic (exact) mass is 1940 g/mol. The summed E-state index contributed by atoms with van der Waals surface area (Å²) in [6.45, 7) is 13.7. The van der Waals surface area contributed by atoms with Crippen LogP contribution in [0.25, 0.3) is 73.4 Å². The quantitative estimate of drug-likeness (QED) is 0.0402. The standard InChI is InChI=1S/C23H28N2O4S.2C22H23N5O2.C21H21N5O2.C20H19N5O2/c1-3-25(4-2)30(27,28)18-10-8-17(9-11-18)19-16-23(12-14-24-15-13-23)29-21-7-5-6-20(26)22(19)21;1-27-21(24-25-26-27)16-8-6-15(7-9-16)17-14-22(10-12-23-13-11-22)29-19-5-3-4-18(28-2)20(17)19;1-27-25-21(24-26-27)16-8-6-15(7-9-16)17-14-22(10-12-23-13-11-22)29-19-5-3-4-18(28-2)20(17)19;1-27-17-3-2-4-18-19(17)16(13-21(28-18)9-11-22-12-10-21)14-5-7-15(8-6-14)20-23-25-26-24-20;26-16-2-1-3-17-18(16)15(12-20(27-17)8-10-21-11-9-20)13-4-6-14(7-5-13)19-22-24-25-23-19/h5-11,16,24,26H,3-4,12-15H2,1-2H3;2*3-9,14,23H,10-13H2,1-2H3;2-8,13,22H,9-12H2,1H3,(H,23,24,25,26);1-7,12,21,26H,8-11H2,(H,22,23,24,25)/p+1. The highest BCUT2D eigenvalue weighted by molar-refractivity contribution is 7.89. The van der Waals surface area contributed by atoms with E-state index in [1.165, 1.54) is 9.10 Å². The average Bonchev–Trinajstić information content (AvgIpc) is 0.778. The topological polar surface area (TPSA) is 410 Å². The van der Waals surface area contributed by atoms with Crippen LogP contribution in [0.1, 0.15) is 134 Å². The first-order valence-electron chi connectivity index (χ1n) is 48.6. The Hall–Kier alpha value is -15.1. The van der Waals surface area contributed by atoms with Crippen molar-refractivity contribution in [3.63, 3.8) is 0 Å². The number of nitrogens with zero attached hydrogens (tertiary/aromatic N) is 14. The van der Waals surface area contributed by atoms with Gasteiger partial charge in [-0.25, -0.2) is 8.42 Å². The van der Waals surface area contributed by atoms with E-state index in [0.717, 1.165) is 276 Å². The van der Waals surface area contributed by atoms with Crippen molar-refractivity contribution in [3.8, 4) is 103 Å². The van der Waals surface area contributed by atoms with E-state index in [0.29, 0.717) is 41.9 Å². The molecule has 24 rings (SSSR count). The van der Waals surface area contributed by atoms with E-state index in [4.69, 9.17) is 37.9 Å². The Morgan fingerprint density at radius 1 is 0.364 bits per heavy atom. The Morgan fingerprint density at radius 3 is 0.930 bits per heavy atom. The maximum Gasteiger partial charge on any atom is 0.331 e. The Labute approximate surface area is 828 Å². The number of H-pyrrole nitrogens is 3. The first kappa shape index (κ1) is 95.4. The molecule has 0 unspecified atom stereocenters. The third-order valence-corrected chi connectivity index (χ3v) is 30.1. The molecule has 734 valence electrons. The molecule has 0 atom stereocenters. The molecule has 34 nitrogen and oxygen atoms in total. The summed E-state index contributed by atoms with van der Waals surface area (Å²) in [5, 5.41) is 89.6. The van der Waals surface area contributed by atoms with Crippen LogP contribution < -0.4 is 69.2 Å². The molecule has 14 aromatic rings. The van der Waals surface area contributed by atoms with E-state index in [1.807, 2.05) is 154 Å². The van der Waals surface area contributed by atoms with Crippen molar-refractivity contribution >= 4 is 37.9 Å². The van der Waals surface area contributed by atoms with Crippen LogP contribution >= 0.6 is 0 Å². The lowest BCUT2D eigenvalue weighted by atomic mass is 9.83. The molecule has 5 spiro atoms. The van der Waals surface area contributed by atoms with Gasteiger partial charge in [-0.3, -0.25) is 0 Å². The van der Waals surface area contributed by atoms with E-state index in [1.54, 1.807) is 63.4 Å². The molecule has 10 aliphatic heterocycles. The van der Waals surface area contributed by atoms with Gasteiger partial charge in [-0.15, -0.1) is 30.6 Å². The smallest absolute Gasteiger partial charge is 0.331 e. The highest BCUT2D eigenvalue weighted by Gasteiger charge is 2.45. The Bertz CT molecular complexity index is 7160. The zero-order chi connectivity index (χ0) is 98.3. The van der Waals surface area contributed by atoms with Crippen molar-refractivity contribution in [2.24, 2.45) is 14.1 Å². The summed E-state index contributed by atoms with van der Waals surface area (Å²) in [7, 11) is 5.24. The van der Waals surface area contributed by atoms with Crippen LogP contribution in [-0.2, 0) is 24.1 Å². The van der Waals surface area contributed by atoms with Crippen molar-refractivity contribution in [2.75, 3.05) is 99.9 Å². The summed E-state index contributed by atoms with van der Waals surface area (Å²) < 4.78 is 78.2. The number of methoxy groups -OCH3 is 3. The number of benzene rings is 10. The molecule has 0 radical (unpaired) electrons. The molecule has 0 saturated carbocycles. The molecule has 143 heavy (non-hydrogen) atoms. The van der Waals surface area contributed by atoms with Crippen molar-refractivity contribution in [2.45, 2.75) is 111 Å². The Kier molecular flexibility index (Phi) is 27.5. The van der Waals surface area contributed by atoms with Gasteiger partial charge in [0.15, 0.2) is 5.21 Å². The molecule has 5 fully saturated rings. The van der Waals surface area contributed by atoms with E-state index >= 15 is 0 Å². The van der Waals surface area contributed by atoms with Gasteiger partial charge in [0.05, 0.1) is 73.7 Å². The number of phenols is 2. The number of fused-ring (bicyclic) bond motifs is 5. The number of aromatic hydroxyl groups is 2. The van der Waals surface area contributed by atoms with Crippen LogP contribution in [0, 0.1) is 0 Å². The first-order chi connectivity index (χ1) is 69.8. The van der Waals surface area contributed by atoms with Crippen molar-refractivity contribution in [1.29, 1.82) is 0 Å². The molecule has 35 heteroatoms. The number of hydrogen-bond acceptors (Lipinski definition) is 28. The molecule has 10 N–H and O–H groups in total. The largest absolute Gasteiger partial charge is 0.507 e. The minimum atomic E-state index is -3.51. The van der Waals surface area contributed by atoms with Crippen LogP contribution in [0.4, 0.5) is 0 Å². The second-order valence-electron chi connectivity index (χ2n) is 36.9. The fraction of sp³-hybridized carbons (Fsp3) is 0.315. The molecule has 5 saturated heterocycles. The number of hydrogen-bond donors (Lipinski definition) is 10. The number of rotatable bonds is 16. The molecular formula is C108H115N22O12S+. The maximum absolute atomic E-state index is 12.8. The normalized spacial score (nSPS) is 17.6. The fourth-order valence-electron chi connectivity index (χ4n) is 20.6.